The fraction of sp³-hybridized carbons (Fsp3) is 0.238. The molecule has 0 radical (unpaired) electrons. The second-order valence-electron chi connectivity index (χ2n) is 14.7. The van der Waals surface area contributed by atoms with Crippen molar-refractivity contribution in [1.82, 2.24) is 14.8 Å². The molecule has 6 heteroatoms. The van der Waals surface area contributed by atoms with Gasteiger partial charge in [-0.05, 0) is 70.3 Å². The Morgan fingerprint density at radius 3 is 2.06 bits per heavy atom. The quantitative estimate of drug-likeness (QED) is 0.183. The SMILES string of the molecule is Cc1cc(C(C)(C)C)cc(C(C)(C)C)c1N1CN(c2cccc(Oc3cccc(-n4cc(-c5ccccc5)cn4)c3)c2)c2cnccc21. The summed E-state index contributed by atoms with van der Waals surface area (Å²) >= 11 is 0. The molecule has 0 atom stereocenters. The van der Waals surface area contributed by atoms with E-state index in [1.54, 1.807) is 0 Å². The average molecular weight is 634 g/mol. The Morgan fingerprint density at radius 2 is 1.35 bits per heavy atom. The molecule has 0 aliphatic carbocycles. The van der Waals surface area contributed by atoms with Crippen molar-refractivity contribution < 1.29 is 4.74 Å². The van der Waals surface area contributed by atoms with Crippen LogP contribution in [0.5, 0.6) is 11.5 Å². The molecule has 0 N–H and O–H groups in total. The first-order valence-electron chi connectivity index (χ1n) is 16.6. The first kappa shape index (κ1) is 31.3. The van der Waals surface area contributed by atoms with Crippen LogP contribution >= 0.6 is 0 Å². The maximum Gasteiger partial charge on any atom is 0.129 e. The summed E-state index contributed by atoms with van der Waals surface area (Å²) in [5.74, 6) is 1.51. The number of rotatable bonds is 6. The number of nitrogens with zero attached hydrogens (tertiary/aromatic N) is 5. The summed E-state index contributed by atoms with van der Waals surface area (Å²) in [4.78, 5) is 9.31. The zero-order chi connectivity index (χ0) is 33.6. The Labute approximate surface area is 284 Å². The van der Waals surface area contributed by atoms with Crippen LogP contribution in [0.4, 0.5) is 22.7 Å². The number of ether oxygens (including phenoxy) is 1. The highest BCUT2D eigenvalue weighted by molar-refractivity contribution is 5.88. The fourth-order valence-electron chi connectivity index (χ4n) is 6.45. The Morgan fingerprint density at radius 1 is 0.646 bits per heavy atom. The molecule has 0 saturated carbocycles. The summed E-state index contributed by atoms with van der Waals surface area (Å²) in [7, 11) is 0. The van der Waals surface area contributed by atoms with Crippen LogP contribution in [0.3, 0.4) is 0 Å². The molecule has 0 fully saturated rings. The van der Waals surface area contributed by atoms with Crippen molar-refractivity contribution in [2.24, 2.45) is 0 Å². The highest BCUT2D eigenvalue weighted by Gasteiger charge is 2.33. The minimum absolute atomic E-state index is 0.0381. The largest absolute Gasteiger partial charge is 0.457 e. The third-order valence-electron chi connectivity index (χ3n) is 9.02. The van der Waals surface area contributed by atoms with Crippen LogP contribution < -0.4 is 14.5 Å². The standard InChI is InChI=1S/C42H43N5O/c1-29-21-32(41(2,3)4)22-37(42(5,6)7)40(29)46-28-45(39-26-43-20-19-38(39)46)33-15-11-17-35(23-33)48-36-18-12-16-34(24-36)47-27-31(25-44-47)30-13-9-8-10-14-30/h8-27H,28H2,1-7H3. The van der Waals surface area contributed by atoms with Crippen LogP contribution in [-0.4, -0.2) is 21.4 Å². The van der Waals surface area contributed by atoms with Gasteiger partial charge in [-0.3, -0.25) is 4.98 Å². The Hall–Kier alpha value is -5.36. The number of aryl methyl sites for hydroxylation is 1. The van der Waals surface area contributed by atoms with Gasteiger partial charge in [0, 0.05) is 41.5 Å². The summed E-state index contributed by atoms with van der Waals surface area (Å²) < 4.78 is 8.35. The number of hydrogen-bond donors (Lipinski definition) is 0. The first-order valence-corrected chi connectivity index (χ1v) is 16.6. The highest BCUT2D eigenvalue weighted by Crippen LogP contribution is 2.48. The van der Waals surface area contributed by atoms with Gasteiger partial charge in [-0.1, -0.05) is 96.1 Å². The molecule has 7 rings (SSSR count). The van der Waals surface area contributed by atoms with Crippen LogP contribution in [0.25, 0.3) is 16.8 Å². The topological polar surface area (TPSA) is 46.4 Å². The fourth-order valence-corrected chi connectivity index (χ4v) is 6.45. The molecule has 0 amide bonds. The second-order valence-corrected chi connectivity index (χ2v) is 14.7. The van der Waals surface area contributed by atoms with Crippen LogP contribution in [0, 0.1) is 6.92 Å². The Bertz CT molecular complexity index is 2080. The van der Waals surface area contributed by atoms with Gasteiger partial charge in [-0.15, -0.1) is 0 Å². The molecule has 2 aromatic heterocycles. The maximum absolute atomic E-state index is 6.46. The molecule has 3 heterocycles. The third-order valence-corrected chi connectivity index (χ3v) is 9.02. The summed E-state index contributed by atoms with van der Waals surface area (Å²) in [5.41, 5.74) is 11.7. The van der Waals surface area contributed by atoms with E-state index in [1.807, 2.05) is 78.0 Å². The number of benzene rings is 4. The van der Waals surface area contributed by atoms with Crippen molar-refractivity contribution in [3.05, 3.63) is 139 Å². The maximum atomic E-state index is 6.46. The van der Waals surface area contributed by atoms with Crippen molar-refractivity contribution in [2.75, 3.05) is 16.5 Å². The van der Waals surface area contributed by atoms with Crippen molar-refractivity contribution in [2.45, 2.75) is 59.3 Å². The smallest absolute Gasteiger partial charge is 0.129 e. The molecule has 4 aromatic carbocycles. The van der Waals surface area contributed by atoms with E-state index < -0.39 is 0 Å². The monoisotopic (exact) mass is 633 g/mol. The number of anilines is 4. The van der Waals surface area contributed by atoms with E-state index in [-0.39, 0.29) is 10.8 Å². The van der Waals surface area contributed by atoms with E-state index >= 15 is 0 Å². The molecular weight excluding hydrogens is 590 g/mol. The highest BCUT2D eigenvalue weighted by atomic mass is 16.5. The number of hydrogen-bond acceptors (Lipinski definition) is 5. The number of aromatic nitrogens is 3. The molecule has 1 aliphatic rings. The van der Waals surface area contributed by atoms with Crippen molar-refractivity contribution in [3.8, 4) is 28.3 Å². The normalized spacial score (nSPS) is 13.1. The third kappa shape index (κ3) is 6.06. The summed E-state index contributed by atoms with van der Waals surface area (Å²) in [5, 5.41) is 4.62. The van der Waals surface area contributed by atoms with Crippen LogP contribution in [-0.2, 0) is 10.8 Å². The molecule has 0 saturated heterocycles. The minimum Gasteiger partial charge on any atom is -0.457 e. The summed E-state index contributed by atoms with van der Waals surface area (Å²) in [6.07, 6.45) is 7.79. The van der Waals surface area contributed by atoms with E-state index in [1.165, 1.54) is 22.4 Å². The Balaban J connectivity index is 1.19. The van der Waals surface area contributed by atoms with Crippen molar-refractivity contribution in [3.63, 3.8) is 0 Å². The molecule has 48 heavy (non-hydrogen) atoms. The van der Waals surface area contributed by atoms with E-state index in [0.29, 0.717) is 6.67 Å². The van der Waals surface area contributed by atoms with Gasteiger partial charge in [0.1, 0.15) is 18.2 Å². The zero-order valence-corrected chi connectivity index (χ0v) is 28.9. The van der Waals surface area contributed by atoms with Gasteiger partial charge in [0.05, 0.1) is 29.5 Å². The van der Waals surface area contributed by atoms with Gasteiger partial charge in [0.25, 0.3) is 0 Å². The summed E-state index contributed by atoms with van der Waals surface area (Å²) in [6, 6.07) is 33.5. The van der Waals surface area contributed by atoms with Gasteiger partial charge in [0.15, 0.2) is 0 Å². The molecule has 6 aromatic rings. The molecule has 0 spiro atoms. The van der Waals surface area contributed by atoms with Crippen LogP contribution in [0.1, 0.15) is 58.2 Å². The molecule has 0 bridgehead atoms. The minimum atomic E-state index is -0.0381. The number of fused-ring (bicyclic) bond motifs is 1. The van der Waals surface area contributed by atoms with Crippen molar-refractivity contribution in [1.29, 1.82) is 0 Å². The van der Waals surface area contributed by atoms with Gasteiger partial charge in [-0.2, -0.15) is 5.10 Å². The van der Waals surface area contributed by atoms with Gasteiger partial charge < -0.3 is 14.5 Å². The summed E-state index contributed by atoms with van der Waals surface area (Å²) in [6.45, 7) is 16.7. The molecule has 0 unspecified atom stereocenters. The number of pyridine rings is 1. The zero-order valence-electron chi connectivity index (χ0n) is 28.9. The van der Waals surface area contributed by atoms with E-state index in [4.69, 9.17) is 4.74 Å². The molecule has 242 valence electrons. The van der Waals surface area contributed by atoms with E-state index in [0.717, 1.165) is 45.4 Å². The van der Waals surface area contributed by atoms with E-state index in [9.17, 15) is 0 Å². The van der Waals surface area contributed by atoms with Gasteiger partial charge in [-0.25, -0.2) is 4.68 Å². The second kappa shape index (κ2) is 12.0. The molecular formula is C42H43N5O. The lowest BCUT2D eigenvalue weighted by atomic mass is 9.78. The molecule has 1 aliphatic heterocycles. The van der Waals surface area contributed by atoms with Crippen LogP contribution in [0.2, 0.25) is 0 Å². The van der Waals surface area contributed by atoms with E-state index in [2.05, 4.69) is 117 Å². The van der Waals surface area contributed by atoms with Crippen molar-refractivity contribution >= 4 is 22.7 Å². The lowest BCUT2D eigenvalue weighted by Crippen LogP contribution is -2.28. The van der Waals surface area contributed by atoms with Crippen LogP contribution in [0.15, 0.2) is 122 Å². The van der Waals surface area contributed by atoms with Gasteiger partial charge in [0.2, 0.25) is 0 Å². The lowest BCUT2D eigenvalue weighted by molar-refractivity contribution is 0.482. The van der Waals surface area contributed by atoms with Gasteiger partial charge >= 0.3 is 0 Å². The predicted molar refractivity (Wildman–Crippen MR) is 197 cm³/mol. The average Bonchev–Trinajstić information content (AvgIpc) is 3.71. The predicted octanol–water partition coefficient (Wildman–Crippen LogP) is 10.9. The lowest BCUT2D eigenvalue weighted by Gasteiger charge is -2.33. The molecule has 6 nitrogen and oxygen atoms in total. The first-order chi connectivity index (χ1) is 23.0. The Kier molecular flexibility index (Phi) is 7.83.